The number of ether oxygens (including phenoxy) is 1. The zero-order valence-corrected chi connectivity index (χ0v) is 18.2. The Labute approximate surface area is 182 Å². The van der Waals surface area contributed by atoms with Crippen molar-refractivity contribution in [1.29, 1.82) is 0 Å². The Morgan fingerprint density at radius 2 is 2.03 bits per heavy atom. The molecule has 152 valence electrons. The Kier molecular flexibility index (Phi) is 7.49. The third-order valence-electron chi connectivity index (χ3n) is 4.59. The van der Waals surface area contributed by atoms with Gasteiger partial charge in [0.05, 0.1) is 24.1 Å². The van der Waals surface area contributed by atoms with E-state index in [9.17, 15) is 0 Å². The van der Waals surface area contributed by atoms with Gasteiger partial charge in [0, 0.05) is 32.0 Å². The summed E-state index contributed by atoms with van der Waals surface area (Å²) in [5, 5.41) is 4.62. The van der Waals surface area contributed by atoms with E-state index in [1.807, 2.05) is 49.8 Å². The summed E-state index contributed by atoms with van der Waals surface area (Å²) >= 11 is 12.1. The Morgan fingerprint density at radius 3 is 2.69 bits per heavy atom. The van der Waals surface area contributed by atoms with E-state index in [1.165, 1.54) is 0 Å². The third kappa shape index (κ3) is 6.21. The molecule has 0 aliphatic rings. The molecule has 1 N–H and O–H groups in total. The van der Waals surface area contributed by atoms with Crippen LogP contribution < -0.4 is 10.1 Å². The summed E-state index contributed by atoms with van der Waals surface area (Å²) in [6, 6.07) is 14.0. The molecule has 7 heteroatoms. The van der Waals surface area contributed by atoms with Crippen LogP contribution >= 0.6 is 23.8 Å². The number of nitrogens with one attached hydrogen (secondary N) is 1. The van der Waals surface area contributed by atoms with Crippen molar-refractivity contribution >= 4 is 34.6 Å². The highest BCUT2D eigenvalue weighted by molar-refractivity contribution is 7.80. The Morgan fingerprint density at radius 1 is 1.24 bits per heavy atom. The summed E-state index contributed by atoms with van der Waals surface area (Å²) < 4.78 is 7.32. The molecule has 0 atom stereocenters. The first-order chi connectivity index (χ1) is 14.0. The van der Waals surface area contributed by atoms with Crippen LogP contribution in [0.3, 0.4) is 0 Å². The molecule has 2 aromatic carbocycles. The summed E-state index contributed by atoms with van der Waals surface area (Å²) in [6.07, 6.45) is 6.53. The standard InChI is InChI=1S/C22H25ClN4OS/c1-17-4-9-21(20(23)14-17)25-22(29)27(12-3-11-26-13-10-24-16-26)15-18-5-7-19(28-2)8-6-18/h4-10,13-14,16H,3,11-12,15H2,1-2H3,(H,25,29). The molecule has 0 aliphatic heterocycles. The van der Waals surface area contributed by atoms with Crippen molar-refractivity contribution in [3.05, 3.63) is 77.3 Å². The quantitative estimate of drug-likeness (QED) is 0.503. The number of aromatic nitrogens is 2. The Hall–Kier alpha value is -2.57. The lowest BCUT2D eigenvalue weighted by atomic mass is 10.2. The highest BCUT2D eigenvalue weighted by atomic mass is 35.5. The third-order valence-corrected chi connectivity index (χ3v) is 5.26. The average Bonchev–Trinajstić information content (AvgIpc) is 3.23. The maximum atomic E-state index is 6.38. The van der Waals surface area contributed by atoms with Crippen LogP contribution in [0.2, 0.25) is 5.02 Å². The van der Waals surface area contributed by atoms with Crippen molar-refractivity contribution in [2.24, 2.45) is 0 Å². The van der Waals surface area contributed by atoms with Crippen LogP contribution in [0.5, 0.6) is 5.75 Å². The summed E-state index contributed by atoms with van der Waals surface area (Å²) in [4.78, 5) is 6.25. The molecular weight excluding hydrogens is 404 g/mol. The van der Waals surface area contributed by atoms with Gasteiger partial charge in [-0.1, -0.05) is 29.8 Å². The molecule has 0 bridgehead atoms. The molecule has 0 unspecified atom stereocenters. The molecule has 1 aromatic heterocycles. The molecule has 1 heterocycles. The SMILES string of the molecule is COc1ccc(CN(CCCn2ccnc2)C(=S)Nc2ccc(C)cc2Cl)cc1. The molecule has 3 rings (SSSR count). The van der Waals surface area contributed by atoms with E-state index in [1.54, 1.807) is 13.3 Å². The zero-order valence-electron chi connectivity index (χ0n) is 16.6. The first-order valence-electron chi connectivity index (χ1n) is 9.46. The van der Waals surface area contributed by atoms with Gasteiger partial charge in [0.25, 0.3) is 0 Å². The number of rotatable bonds is 8. The Balaban J connectivity index is 1.69. The summed E-state index contributed by atoms with van der Waals surface area (Å²) in [5.41, 5.74) is 3.09. The van der Waals surface area contributed by atoms with Crippen LogP contribution in [-0.2, 0) is 13.1 Å². The minimum absolute atomic E-state index is 0.650. The molecule has 0 amide bonds. The fraction of sp³-hybridized carbons (Fsp3) is 0.273. The first-order valence-corrected chi connectivity index (χ1v) is 10.2. The van der Waals surface area contributed by atoms with Gasteiger partial charge >= 0.3 is 0 Å². The highest BCUT2D eigenvalue weighted by Crippen LogP contribution is 2.23. The predicted octanol–water partition coefficient (Wildman–Crippen LogP) is 5.14. The number of aryl methyl sites for hydroxylation is 2. The van der Waals surface area contributed by atoms with Crippen LogP contribution in [0.1, 0.15) is 17.5 Å². The smallest absolute Gasteiger partial charge is 0.173 e. The molecule has 0 aliphatic carbocycles. The summed E-state index contributed by atoms with van der Waals surface area (Å²) in [7, 11) is 1.67. The van der Waals surface area contributed by atoms with E-state index in [0.717, 1.165) is 42.1 Å². The molecule has 29 heavy (non-hydrogen) atoms. The van der Waals surface area contributed by atoms with Crippen LogP contribution in [0, 0.1) is 6.92 Å². The van der Waals surface area contributed by atoms with Crippen molar-refractivity contribution in [2.75, 3.05) is 19.0 Å². The lowest BCUT2D eigenvalue weighted by Gasteiger charge is -2.26. The van der Waals surface area contributed by atoms with Crippen molar-refractivity contribution in [3.63, 3.8) is 0 Å². The molecule has 0 spiro atoms. The number of thiocarbonyl (C=S) groups is 1. The number of anilines is 1. The highest BCUT2D eigenvalue weighted by Gasteiger charge is 2.12. The molecule has 3 aromatic rings. The van der Waals surface area contributed by atoms with Crippen molar-refractivity contribution in [1.82, 2.24) is 14.5 Å². The van der Waals surface area contributed by atoms with E-state index < -0.39 is 0 Å². The van der Waals surface area contributed by atoms with Crippen molar-refractivity contribution in [3.8, 4) is 5.75 Å². The van der Waals surface area contributed by atoms with Gasteiger partial charge in [-0.05, 0) is 61.0 Å². The van der Waals surface area contributed by atoms with E-state index >= 15 is 0 Å². The second kappa shape index (κ2) is 10.3. The lowest BCUT2D eigenvalue weighted by molar-refractivity contribution is 0.394. The lowest BCUT2D eigenvalue weighted by Crippen LogP contribution is -2.35. The average molecular weight is 429 g/mol. The maximum Gasteiger partial charge on any atom is 0.173 e. The second-order valence-electron chi connectivity index (χ2n) is 6.84. The first kappa shape index (κ1) is 21.1. The van der Waals surface area contributed by atoms with Gasteiger partial charge in [-0.25, -0.2) is 4.98 Å². The maximum absolute atomic E-state index is 6.38. The van der Waals surface area contributed by atoms with Crippen molar-refractivity contribution < 1.29 is 4.74 Å². The molecule has 5 nitrogen and oxygen atoms in total. The van der Waals surface area contributed by atoms with Gasteiger partial charge in [0.15, 0.2) is 5.11 Å². The number of hydrogen-bond acceptors (Lipinski definition) is 3. The van der Waals surface area contributed by atoms with Gasteiger partial charge in [-0.15, -0.1) is 0 Å². The van der Waals surface area contributed by atoms with Crippen LogP contribution in [0.4, 0.5) is 5.69 Å². The summed E-state index contributed by atoms with van der Waals surface area (Å²) in [5.74, 6) is 0.840. The fourth-order valence-electron chi connectivity index (χ4n) is 2.98. The summed E-state index contributed by atoms with van der Waals surface area (Å²) in [6.45, 7) is 4.40. The largest absolute Gasteiger partial charge is 0.497 e. The number of imidazole rings is 1. The van der Waals surface area contributed by atoms with E-state index in [4.69, 9.17) is 28.6 Å². The normalized spacial score (nSPS) is 10.6. The zero-order chi connectivity index (χ0) is 20.6. The van der Waals surface area contributed by atoms with Gasteiger partial charge in [0.1, 0.15) is 5.75 Å². The van der Waals surface area contributed by atoms with Gasteiger partial charge < -0.3 is 19.5 Å². The minimum atomic E-state index is 0.650. The van der Waals surface area contributed by atoms with Crippen LogP contribution in [0.15, 0.2) is 61.2 Å². The second-order valence-corrected chi connectivity index (χ2v) is 7.63. The molecule has 0 saturated heterocycles. The van der Waals surface area contributed by atoms with E-state index in [0.29, 0.717) is 16.7 Å². The Bertz CT molecular complexity index is 928. The van der Waals surface area contributed by atoms with Crippen LogP contribution in [0.25, 0.3) is 0 Å². The number of hydrogen-bond donors (Lipinski definition) is 1. The number of nitrogens with zero attached hydrogens (tertiary/aromatic N) is 3. The van der Waals surface area contributed by atoms with Crippen molar-refractivity contribution in [2.45, 2.75) is 26.4 Å². The van der Waals surface area contributed by atoms with E-state index in [-0.39, 0.29) is 0 Å². The molecular formula is C22H25ClN4OS. The number of benzene rings is 2. The molecule has 0 saturated carbocycles. The van der Waals surface area contributed by atoms with Gasteiger partial charge in [-0.2, -0.15) is 0 Å². The number of methoxy groups -OCH3 is 1. The monoisotopic (exact) mass is 428 g/mol. The predicted molar refractivity (Wildman–Crippen MR) is 123 cm³/mol. The van der Waals surface area contributed by atoms with Gasteiger partial charge in [-0.3, -0.25) is 0 Å². The minimum Gasteiger partial charge on any atom is -0.497 e. The van der Waals surface area contributed by atoms with Crippen LogP contribution in [-0.4, -0.2) is 33.2 Å². The fourth-order valence-corrected chi connectivity index (χ4v) is 3.53. The van der Waals surface area contributed by atoms with E-state index in [2.05, 4.69) is 31.9 Å². The number of halogens is 1. The molecule has 0 fully saturated rings. The topological polar surface area (TPSA) is 42.3 Å². The molecule has 0 radical (unpaired) electrons. The van der Waals surface area contributed by atoms with Gasteiger partial charge in [0.2, 0.25) is 0 Å².